The molecule has 0 aliphatic carbocycles. The van der Waals surface area contributed by atoms with Gasteiger partial charge in [0.1, 0.15) is 11.2 Å². The zero-order valence-corrected chi connectivity index (χ0v) is 32.6. The third kappa shape index (κ3) is 6.18. The maximum Gasteiger partial charge on any atom is 0.159 e. The van der Waals surface area contributed by atoms with Crippen molar-refractivity contribution >= 4 is 89.6 Å². The number of anilines is 6. The van der Waals surface area contributed by atoms with Crippen LogP contribution < -0.4 is 9.80 Å². The first kappa shape index (κ1) is 34.7. The zero-order valence-electron chi connectivity index (χ0n) is 31.8. The van der Waals surface area contributed by atoms with Gasteiger partial charge in [-0.1, -0.05) is 157 Å². The third-order valence-electron chi connectivity index (χ3n) is 11.1. The standard InChI is InChI=1S/C54H35ClN2O2/c55-40-33-43(56(41-29-25-38(26-30-41)36-13-3-1-4-14-36)49-21-11-19-47-45-17-7-9-23-51(45)58-53(47)49)35-44(34-40)57(42-31-27-39(28-32-42)37-15-5-2-6-16-37)50-22-12-20-48-46-18-8-10-24-52(46)59-54(48)50/h1-35H. The number of fused-ring (bicyclic) bond motifs is 6. The Hall–Kier alpha value is -7.53. The Morgan fingerprint density at radius 1 is 0.305 bits per heavy atom. The van der Waals surface area contributed by atoms with Gasteiger partial charge in [0.05, 0.1) is 11.4 Å². The summed E-state index contributed by atoms with van der Waals surface area (Å²) in [7, 11) is 0. The largest absolute Gasteiger partial charge is 0.454 e. The van der Waals surface area contributed by atoms with E-state index in [2.05, 4.69) is 174 Å². The van der Waals surface area contributed by atoms with Gasteiger partial charge in [0.25, 0.3) is 0 Å². The van der Waals surface area contributed by atoms with E-state index in [-0.39, 0.29) is 0 Å². The minimum Gasteiger partial charge on any atom is -0.454 e. The molecule has 0 saturated heterocycles. The molecule has 0 saturated carbocycles. The first-order chi connectivity index (χ1) is 29.2. The summed E-state index contributed by atoms with van der Waals surface area (Å²) in [6.07, 6.45) is 0. The van der Waals surface area contributed by atoms with Gasteiger partial charge >= 0.3 is 0 Å². The molecule has 0 radical (unpaired) electrons. The van der Waals surface area contributed by atoms with Gasteiger partial charge in [0.2, 0.25) is 0 Å². The third-order valence-corrected chi connectivity index (χ3v) is 11.3. The van der Waals surface area contributed by atoms with E-state index < -0.39 is 0 Å². The van der Waals surface area contributed by atoms with Crippen LogP contribution in [0.5, 0.6) is 0 Å². The van der Waals surface area contributed by atoms with E-state index in [9.17, 15) is 0 Å². The van der Waals surface area contributed by atoms with Crippen molar-refractivity contribution in [2.24, 2.45) is 0 Å². The Morgan fingerprint density at radius 3 is 1.12 bits per heavy atom. The quantitative estimate of drug-likeness (QED) is 0.154. The van der Waals surface area contributed by atoms with E-state index in [0.717, 1.165) is 100 Å². The summed E-state index contributed by atoms with van der Waals surface area (Å²) in [6.45, 7) is 0. The lowest BCUT2D eigenvalue weighted by atomic mass is 10.0. The summed E-state index contributed by atoms with van der Waals surface area (Å²) in [5.74, 6) is 0. The molecule has 5 heteroatoms. The van der Waals surface area contributed by atoms with Gasteiger partial charge in [-0.3, -0.25) is 0 Å². The van der Waals surface area contributed by atoms with E-state index in [4.69, 9.17) is 20.4 Å². The molecule has 0 atom stereocenters. The van der Waals surface area contributed by atoms with Gasteiger partial charge in [-0.25, -0.2) is 0 Å². The minimum absolute atomic E-state index is 0.586. The zero-order chi connectivity index (χ0) is 39.3. The maximum atomic E-state index is 7.26. The van der Waals surface area contributed by atoms with Crippen molar-refractivity contribution < 1.29 is 8.83 Å². The van der Waals surface area contributed by atoms with Crippen LogP contribution in [0.2, 0.25) is 5.02 Å². The molecule has 0 bridgehead atoms. The lowest BCUT2D eigenvalue weighted by Crippen LogP contribution is -2.13. The summed E-state index contributed by atoms with van der Waals surface area (Å²) in [5, 5.41) is 4.81. The maximum absolute atomic E-state index is 7.26. The Bertz CT molecular complexity index is 3060. The van der Waals surface area contributed by atoms with Crippen LogP contribution in [0.4, 0.5) is 34.1 Å². The number of hydrogen-bond donors (Lipinski definition) is 0. The number of hydrogen-bond acceptors (Lipinski definition) is 4. The van der Waals surface area contributed by atoms with E-state index in [0.29, 0.717) is 5.02 Å². The van der Waals surface area contributed by atoms with Crippen LogP contribution in [0.1, 0.15) is 0 Å². The number of benzene rings is 9. The highest BCUT2D eigenvalue weighted by Gasteiger charge is 2.24. The average molecular weight is 779 g/mol. The Balaban J connectivity index is 1.13. The monoisotopic (exact) mass is 778 g/mol. The second kappa shape index (κ2) is 14.4. The fourth-order valence-corrected chi connectivity index (χ4v) is 8.58. The topological polar surface area (TPSA) is 32.8 Å². The van der Waals surface area contributed by atoms with Crippen LogP contribution in [0.25, 0.3) is 66.1 Å². The van der Waals surface area contributed by atoms with Gasteiger partial charge < -0.3 is 18.6 Å². The van der Waals surface area contributed by atoms with Crippen LogP contribution in [-0.2, 0) is 0 Å². The number of halogens is 1. The molecule has 0 spiro atoms. The summed E-state index contributed by atoms with van der Waals surface area (Å²) in [6, 6.07) is 73.6. The van der Waals surface area contributed by atoms with Crippen molar-refractivity contribution in [2.45, 2.75) is 0 Å². The van der Waals surface area contributed by atoms with E-state index >= 15 is 0 Å². The Kier molecular flexibility index (Phi) is 8.49. The van der Waals surface area contributed by atoms with Gasteiger partial charge in [-0.2, -0.15) is 0 Å². The number of furan rings is 2. The summed E-state index contributed by atoms with van der Waals surface area (Å²) < 4.78 is 13.3. The van der Waals surface area contributed by atoms with Crippen LogP contribution in [0, 0.1) is 0 Å². The molecule has 9 aromatic carbocycles. The fourth-order valence-electron chi connectivity index (χ4n) is 8.36. The molecule has 59 heavy (non-hydrogen) atoms. The molecule has 4 nitrogen and oxygen atoms in total. The number of nitrogens with zero attached hydrogens (tertiary/aromatic N) is 2. The molecular formula is C54H35ClN2O2. The second-order valence-corrected chi connectivity index (χ2v) is 15.1. The smallest absolute Gasteiger partial charge is 0.159 e. The van der Waals surface area contributed by atoms with Crippen molar-refractivity contribution in [3.63, 3.8) is 0 Å². The summed E-state index contributed by atoms with van der Waals surface area (Å²) in [4.78, 5) is 4.49. The highest BCUT2D eigenvalue weighted by Crippen LogP contribution is 2.47. The molecule has 0 fully saturated rings. The molecule has 0 unspecified atom stereocenters. The summed E-state index contributed by atoms with van der Waals surface area (Å²) >= 11 is 7.26. The lowest BCUT2D eigenvalue weighted by Gasteiger charge is -2.30. The van der Waals surface area contributed by atoms with Crippen molar-refractivity contribution in [2.75, 3.05) is 9.80 Å². The van der Waals surface area contributed by atoms with Crippen LogP contribution in [-0.4, -0.2) is 0 Å². The van der Waals surface area contributed by atoms with Gasteiger partial charge in [-0.15, -0.1) is 0 Å². The minimum atomic E-state index is 0.586. The van der Waals surface area contributed by atoms with Gasteiger partial charge in [0.15, 0.2) is 11.2 Å². The first-order valence-corrected chi connectivity index (χ1v) is 20.1. The molecule has 11 rings (SSSR count). The molecule has 2 aromatic heterocycles. The predicted molar refractivity (Wildman–Crippen MR) is 246 cm³/mol. The average Bonchev–Trinajstić information content (AvgIpc) is 3.87. The molecule has 0 aliphatic rings. The van der Waals surface area contributed by atoms with Crippen LogP contribution >= 0.6 is 11.6 Å². The highest BCUT2D eigenvalue weighted by atomic mass is 35.5. The van der Waals surface area contributed by atoms with Crippen molar-refractivity contribution in [1.82, 2.24) is 0 Å². The Morgan fingerprint density at radius 2 is 0.678 bits per heavy atom. The number of rotatable bonds is 8. The van der Waals surface area contributed by atoms with E-state index in [1.54, 1.807) is 0 Å². The SMILES string of the molecule is Clc1cc(N(c2ccc(-c3ccccc3)cc2)c2cccc3c2oc2ccccc23)cc(N(c2ccc(-c3ccccc3)cc2)c2cccc3c2oc2ccccc23)c1. The predicted octanol–water partition coefficient (Wildman–Crippen LogP) is 16.4. The van der Waals surface area contributed by atoms with Gasteiger partial charge in [-0.05, 0) is 89.0 Å². The van der Waals surface area contributed by atoms with Crippen molar-refractivity contribution in [3.05, 3.63) is 217 Å². The molecule has 11 aromatic rings. The molecule has 2 heterocycles. The van der Waals surface area contributed by atoms with Gasteiger partial charge in [0, 0.05) is 49.3 Å². The molecule has 280 valence electrons. The summed E-state index contributed by atoms with van der Waals surface area (Å²) in [5.41, 5.74) is 13.3. The second-order valence-electron chi connectivity index (χ2n) is 14.7. The van der Waals surface area contributed by atoms with E-state index in [1.807, 2.05) is 48.5 Å². The van der Waals surface area contributed by atoms with Crippen LogP contribution in [0.15, 0.2) is 221 Å². The molecule has 0 N–H and O–H groups in total. The lowest BCUT2D eigenvalue weighted by molar-refractivity contribution is 0.669. The highest BCUT2D eigenvalue weighted by molar-refractivity contribution is 6.31. The first-order valence-electron chi connectivity index (χ1n) is 19.7. The van der Waals surface area contributed by atoms with Crippen LogP contribution in [0.3, 0.4) is 0 Å². The van der Waals surface area contributed by atoms with Crippen molar-refractivity contribution in [3.8, 4) is 22.3 Å². The normalized spacial score (nSPS) is 11.5. The van der Waals surface area contributed by atoms with E-state index in [1.165, 1.54) is 0 Å². The molecule has 0 amide bonds. The van der Waals surface area contributed by atoms with Crippen molar-refractivity contribution in [1.29, 1.82) is 0 Å². The molecule has 0 aliphatic heterocycles. The molecular weight excluding hydrogens is 744 g/mol. The fraction of sp³-hybridized carbons (Fsp3) is 0. The Labute approximate surface area is 346 Å². The number of para-hydroxylation sites is 4.